The van der Waals surface area contributed by atoms with Crippen LogP contribution in [0.4, 0.5) is 0 Å². The van der Waals surface area contributed by atoms with E-state index in [-0.39, 0.29) is 0 Å². The third kappa shape index (κ3) is 2.02. The molecule has 0 spiro atoms. The number of hydrogen-bond donors (Lipinski definition) is 0. The number of hydrogen-bond acceptors (Lipinski definition) is 1. The zero-order chi connectivity index (χ0) is 10.7. The van der Waals surface area contributed by atoms with Crippen LogP contribution in [0.3, 0.4) is 0 Å². The Morgan fingerprint density at radius 3 is 2.67 bits per heavy atom. The van der Waals surface area contributed by atoms with Crippen molar-refractivity contribution in [2.75, 3.05) is 13.1 Å². The summed E-state index contributed by atoms with van der Waals surface area (Å²) in [6.45, 7) is 4.52. The highest BCUT2D eigenvalue weighted by Gasteiger charge is 2.21. The van der Waals surface area contributed by atoms with Gasteiger partial charge in [-0.25, -0.2) is 0 Å². The lowest BCUT2D eigenvalue weighted by Crippen LogP contribution is -2.22. The molecule has 0 saturated carbocycles. The van der Waals surface area contributed by atoms with E-state index in [0.717, 1.165) is 18.6 Å². The second-order valence-electron chi connectivity index (χ2n) is 4.14. The monoisotopic (exact) mass is 203 g/mol. The van der Waals surface area contributed by atoms with Gasteiger partial charge in [0.25, 0.3) is 5.71 Å². The van der Waals surface area contributed by atoms with Gasteiger partial charge in [-0.3, -0.25) is 0 Å². The Kier molecular flexibility index (Phi) is 3.02. The SMILES string of the molecule is CCC1=C(N2CCCC2)C=CC(=[N+]=[N-])C1. The molecule has 3 heteroatoms. The first-order valence-corrected chi connectivity index (χ1v) is 5.71. The van der Waals surface area contributed by atoms with Gasteiger partial charge in [0.2, 0.25) is 0 Å². The van der Waals surface area contributed by atoms with Crippen LogP contribution in [-0.4, -0.2) is 28.5 Å². The standard InChI is InChI=1S/C12H17N3/c1-2-10-9-11(14-13)5-6-12(10)15-7-3-4-8-15/h5-6H,2-4,7-9H2,1H3. The molecule has 1 fully saturated rings. The van der Waals surface area contributed by atoms with Crippen molar-refractivity contribution in [3.8, 4) is 0 Å². The molecular formula is C12H17N3. The van der Waals surface area contributed by atoms with E-state index in [2.05, 4.69) is 22.7 Å². The number of likely N-dealkylation sites (tertiary alicyclic amines) is 1. The third-order valence-electron chi connectivity index (χ3n) is 3.19. The lowest BCUT2D eigenvalue weighted by atomic mass is 9.98. The van der Waals surface area contributed by atoms with Crippen molar-refractivity contribution in [3.63, 3.8) is 0 Å². The maximum absolute atomic E-state index is 8.76. The molecule has 1 aliphatic carbocycles. The first kappa shape index (κ1) is 10.2. The van der Waals surface area contributed by atoms with E-state index in [0.29, 0.717) is 0 Å². The molecule has 1 heterocycles. The summed E-state index contributed by atoms with van der Waals surface area (Å²) in [4.78, 5) is 5.73. The van der Waals surface area contributed by atoms with Crippen LogP contribution in [0.2, 0.25) is 0 Å². The Morgan fingerprint density at radius 1 is 1.33 bits per heavy atom. The summed E-state index contributed by atoms with van der Waals surface area (Å²) in [5.41, 5.74) is 12.3. The molecule has 0 N–H and O–H groups in total. The molecule has 0 unspecified atom stereocenters. The maximum Gasteiger partial charge on any atom is 0.296 e. The Morgan fingerprint density at radius 2 is 2.07 bits per heavy atom. The van der Waals surface area contributed by atoms with E-state index in [4.69, 9.17) is 5.53 Å². The first-order chi connectivity index (χ1) is 7.35. The molecule has 2 rings (SSSR count). The van der Waals surface area contributed by atoms with Crippen molar-refractivity contribution < 1.29 is 4.79 Å². The molecule has 0 amide bonds. The summed E-state index contributed by atoms with van der Waals surface area (Å²) in [7, 11) is 0. The minimum Gasteiger partial charge on any atom is -0.372 e. The highest BCUT2D eigenvalue weighted by molar-refractivity contribution is 5.93. The van der Waals surface area contributed by atoms with Crippen molar-refractivity contribution in [2.45, 2.75) is 32.6 Å². The zero-order valence-electron chi connectivity index (χ0n) is 9.24. The summed E-state index contributed by atoms with van der Waals surface area (Å²) in [6, 6.07) is 0. The van der Waals surface area contributed by atoms with Crippen LogP contribution >= 0.6 is 0 Å². The molecule has 0 aromatic rings. The van der Waals surface area contributed by atoms with Crippen LogP contribution in [0.15, 0.2) is 23.4 Å². The van der Waals surface area contributed by atoms with Gasteiger partial charge in [0.05, 0.1) is 6.42 Å². The maximum atomic E-state index is 8.76. The molecule has 0 atom stereocenters. The van der Waals surface area contributed by atoms with Crippen LogP contribution < -0.4 is 0 Å². The summed E-state index contributed by atoms with van der Waals surface area (Å²) in [5.74, 6) is 0. The van der Waals surface area contributed by atoms with Gasteiger partial charge in [0.15, 0.2) is 0 Å². The van der Waals surface area contributed by atoms with Crippen molar-refractivity contribution >= 4 is 5.71 Å². The summed E-state index contributed by atoms with van der Waals surface area (Å²) < 4.78 is 0. The lowest BCUT2D eigenvalue weighted by Gasteiger charge is -2.23. The van der Waals surface area contributed by atoms with Crippen LogP contribution in [0.5, 0.6) is 0 Å². The zero-order valence-corrected chi connectivity index (χ0v) is 9.24. The van der Waals surface area contributed by atoms with Crippen molar-refractivity contribution in [1.29, 1.82) is 0 Å². The van der Waals surface area contributed by atoms with E-state index < -0.39 is 0 Å². The minimum absolute atomic E-state index is 0.773. The molecule has 0 aromatic heterocycles. The fourth-order valence-electron chi connectivity index (χ4n) is 2.32. The van der Waals surface area contributed by atoms with Gasteiger partial charge in [0.1, 0.15) is 0 Å². The Hall–Kier alpha value is -1.34. The van der Waals surface area contributed by atoms with Crippen LogP contribution in [0.1, 0.15) is 32.6 Å². The number of allylic oxidation sites excluding steroid dienone is 3. The third-order valence-corrected chi connectivity index (χ3v) is 3.19. The average Bonchev–Trinajstić information content (AvgIpc) is 2.81. The lowest BCUT2D eigenvalue weighted by molar-refractivity contribution is -0.00575. The smallest absolute Gasteiger partial charge is 0.296 e. The van der Waals surface area contributed by atoms with E-state index in [1.165, 1.54) is 37.2 Å². The van der Waals surface area contributed by atoms with Gasteiger partial charge in [0, 0.05) is 24.9 Å². The molecule has 0 radical (unpaired) electrons. The predicted molar refractivity (Wildman–Crippen MR) is 60.5 cm³/mol. The molecule has 0 bridgehead atoms. The first-order valence-electron chi connectivity index (χ1n) is 5.71. The van der Waals surface area contributed by atoms with E-state index >= 15 is 0 Å². The number of rotatable bonds is 2. The molecule has 1 aliphatic heterocycles. The Bertz CT molecular complexity index is 353. The highest BCUT2D eigenvalue weighted by Crippen LogP contribution is 2.25. The average molecular weight is 203 g/mol. The normalized spacial score (nSPS) is 21.1. The van der Waals surface area contributed by atoms with Crippen LogP contribution in [0, 0.1) is 0 Å². The highest BCUT2D eigenvalue weighted by atomic mass is 15.1. The second kappa shape index (κ2) is 4.45. The van der Waals surface area contributed by atoms with Gasteiger partial charge in [-0.05, 0) is 30.9 Å². The van der Waals surface area contributed by atoms with E-state index in [1.54, 1.807) is 0 Å². The van der Waals surface area contributed by atoms with Gasteiger partial charge in [-0.2, -0.15) is 4.79 Å². The van der Waals surface area contributed by atoms with Gasteiger partial charge in [-0.15, -0.1) is 0 Å². The molecule has 3 nitrogen and oxygen atoms in total. The molecule has 2 aliphatic rings. The fourth-order valence-corrected chi connectivity index (χ4v) is 2.32. The van der Waals surface area contributed by atoms with Gasteiger partial charge >= 0.3 is 0 Å². The summed E-state index contributed by atoms with van der Waals surface area (Å²) >= 11 is 0. The van der Waals surface area contributed by atoms with Gasteiger partial charge < -0.3 is 10.4 Å². The van der Waals surface area contributed by atoms with Crippen LogP contribution in [-0.2, 0) is 0 Å². The minimum atomic E-state index is 0.773. The topological polar surface area (TPSA) is 39.6 Å². The van der Waals surface area contributed by atoms with E-state index in [1.807, 2.05) is 6.08 Å². The van der Waals surface area contributed by atoms with E-state index in [9.17, 15) is 0 Å². The molecule has 15 heavy (non-hydrogen) atoms. The predicted octanol–water partition coefficient (Wildman–Crippen LogP) is 2.38. The van der Waals surface area contributed by atoms with Crippen molar-refractivity contribution in [3.05, 3.63) is 29.0 Å². The van der Waals surface area contributed by atoms with Crippen molar-refractivity contribution in [1.82, 2.24) is 4.90 Å². The quantitative estimate of drug-likeness (QED) is 0.501. The van der Waals surface area contributed by atoms with Gasteiger partial charge in [-0.1, -0.05) is 6.92 Å². The number of nitrogens with zero attached hydrogens (tertiary/aromatic N) is 3. The Balaban J connectivity index is 2.24. The second-order valence-corrected chi connectivity index (χ2v) is 4.14. The molecular weight excluding hydrogens is 186 g/mol. The molecule has 80 valence electrons. The molecule has 1 saturated heterocycles. The molecule has 0 aromatic carbocycles. The summed E-state index contributed by atoms with van der Waals surface area (Å²) in [6.07, 6.45) is 8.46. The largest absolute Gasteiger partial charge is 0.372 e. The van der Waals surface area contributed by atoms with Crippen molar-refractivity contribution in [2.24, 2.45) is 0 Å². The fraction of sp³-hybridized carbons (Fsp3) is 0.583. The summed E-state index contributed by atoms with van der Waals surface area (Å²) in [5, 5.41) is 0. The Labute approximate surface area is 90.7 Å². The van der Waals surface area contributed by atoms with Crippen LogP contribution in [0.25, 0.3) is 5.53 Å².